The van der Waals surface area contributed by atoms with E-state index in [0.717, 1.165) is 12.2 Å². The summed E-state index contributed by atoms with van der Waals surface area (Å²) in [6.45, 7) is 1.69. The monoisotopic (exact) mass is 263 g/mol. The molecule has 0 atom stereocenters. The maximum atomic E-state index is 11.7. The molecule has 0 unspecified atom stereocenters. The van der Waals surface area contributed by atoms with Gasteiger partial charge in [0.15, 0.2) is 0 Å². The van der Waals surface area contributed by atoms with Crippen LogP contribution in [0.4, 0.5) is 11.4 Å². The number of benzene rings is 1. The van der Waals surface area contributed by atoms with Gasteiger partial charge in [0.1, 0.15) is 0 Å². The predicted octanol–water partition coefficient (Wildman–Crippen LogP) is 0.334. The van der Waals surface area contributed by atoms with Gasteiger partial charge in [0.2, 0.25) is 5.91 Å². The number of likely N-dealkylation sites (N-methyl/N-ethyl adjacent to an activating group) is 1. The number of rotatable bonds is 2. The molecular formula is C13H17N3O3. The maximum absolute atomic E-state index is 11.7. The van der Waals surface area contributed by atoms with E-state index in [2.05, 4.69) is 4.74 Å². The zero-order chi connectivity index (χ0) is 14.0. The molecule has 1 aromatic carbocycles. The molecule has 1 amide bonds. The van der Waals surface area contributed by atoms with Gasteiger partial charge in [0, 0.05) is 20.1 Å². The van der Waals surface area contributed by atoms with Crippen molar-refractivity contribution in [2.24, 2.45) is 0 Å². The van der Waals surface area contributed by atoms with Gasteiger partial charge in [-0.05, 0) is 18.2 Å². The van der Waals surface area contributed by atoms with Crippen molar-refractivity contribution in [2.45, 2.75) is 0 Å². The molecule has 102 valence electrons. The van der Waals surface area contributed by atoms with Gasteiger partial charge in [-0.25, -0.2) is 4.79 Å². The second-order valence-electron chi connectivity index (χ2n) is 4.50. The van der Waals surface area contributed by atoms with Crippen molar-refractivity contribution in [1.82, 2.24) is 4.90 Å². The SMILES string of the molecule is COC(=O)c1ccc(N2CCN(C)C(=O)C2)c(N)c1. The first-order valence-corrected chi connectivity index (χ1v) is 5.99. The summed E-state index contributed by atoms with van der Waals surface area (Å²) >= 11 is 0. The molecule has 2 rings (SSSR count). The normalized spacial score (nSPS) is 15.6. The molecule has 6 nitrogen and oxygen atoms in total. The minimum atomic E-state index is -0.423. The molecular weight excluding hydrogens is 246 g/mol. The minimum Gasteiger partial charge on any atom is -0.465 e. The largest absolute Gasteiger partial charge is 0.465 e. The van der Waals surface area contributed by atoms with Crippen molar-refractivity contribution in [1.29, 1.82) is 0 Å². The lowest BCUT2D eigenvalue weighted by atomic mass is 10.1. The summed E-state index contributed by atoms with van der Waals surface area (Å²) in [4.78, 5) is 26.7. The number of ether oxygens (including phenoxy) is 1. The van der Waals surface area contributed by atoms with E-state index < -0.39 is 5.97 Å². The van der Waals surface area contributed by atoms with Crippen molar-refractivity contribution in [3.05, 3.63) is 23.8 Å². The second kappa shape index (κ2) is 5.17. The van der Waals surface area contributed by atoms with Gasteiger partial charge < -0.3 is 20.3 Å². The summed E-state index contributed by atoms with van der Waals surface area (Å²) in [6.07, 6.45) is 0. The molecule has 19 heavy (non-hydrogen) atoms. The van der Waals surface area contributed by atoms with Gasteiger partial charge in [0.25, 0.3) is 0 Å². The van der Waals surface area contributed by atoms with E-state index in [0.29, 0.717) is 24.3 Å². The van der Waals surface area contributed by atoms with Crippen LogP contribution in [0.2, 0.25) is 0 Å². The fraction of sp³-hybridized carbons (Fsp3) is 0.385. The van der Waals surface area contributed by atoms with Crippen LogP contribution in [0.15, 0.2) is 18.2 Å². The van der Waals surface area contributed by atoms with Crippen LogP contribution in [0, 0.1) is 0 Å². The Morgan fingerprint density at radius 2 is 2.11 bits per heavy atom. The van der Waals surface area contributed by atoms with Crippen molar-refractivity contribution < 1.29 is 14.3 Å². The fourth-order valence-electron chi connectivity index (χ4n) is 2.05. The summed E-state index contributed by atoms with van der Waals surface area (Å²) in [6, 6.07) is 4.98. The Hall–Kier alpha value is -2.24. The number of methoxy groups -OCH3 is 1. The van der Waals surface area contributed by atoms with Crippen LogP contribution in [0.1, 0.15) is 10.4 Å². The van der Waals surface area contributed by atoms with Crippen molar-refractivity contribution in [3.63, 3.8) is 0 Å². The first kappa shape index (κ1) is 13.2. The molecule has 0 spiro atoms. The highest BCUT2D eigenvalue weighted by Gasteiger charge is 2.22. The first-order chi connectivity index (χ1) is 9.02. The zero-order valence-electron chi connectivity index (χ0n) is 11.0. The molecule has 2 N–H and O–H groups in total. The third-order valence-corrected chi connectivity index (χ3v) is 3.25. The third kappa shape index (κ3) is 2.62. The number of nitrogens with two attached hydrogens (primary N) is 1. The lowest BCUT2D eigenvalue weighted by Gasteiger charge is -2.34. The van der Waals surface area contributed by atoms with Gasteiger partial charge in [-0.3, -0.25) is 4.79 Å². The van der Waals surface area contributed by atoms with E-state index in [-0.39, 0.29) is 5.91 Å². The molecule has 0 aliphatic carbocycles. The molecule has 0 saturated carbocycles. The quantitative estimate of drug-likeness (QED) is 0.615. The second-order valence-corrected chi connectivity index (χ2v) is 4.50. The number of carbonyl (C=O) groups is 2. The van der Waals surface area contributed by atoms with E-state index in [4.69, 9.17) is 5.73 Å². The Bertz CT molecular complexity index is 516. The van der Waals surface area contributed by atoms with Crippen LogP contribution >= 0.6 is 0 Å². The Morgan fingerprint density at radius 1 is 1.37 bits per heavy atom. The summed E-state index contributed by atoms with van der Waals surface area (Å²) in [7, 11) is 3.11. The number of nitrogens with zero attached hydrogens (tertiary/aromatic N) is 2. The van der Waals surface area contributed by atoms with E-state index in [1.165, 1.54) is 7.11 Å². The average molecular weight is 263 g/mol. The standard InChI is InChI=1S/C13H17N3O3/c1-15-5-6-16(8-12(15)17)11-4-3-9(7-10(11)14)13(18)19-2/h3-4,7H,5-6,8,14H2,1-2H3. The van der Waals surface area contributed by atoms with Gasteiger partial charge in [0.05, 0.1) is 30.6 Å². The summed E-state index contributed by atoms with van der Waals surface area (Å²) in [5, 5.41) is 0. The highest BCUT2D eigenvalue weighted by Crippen LogP contribution is 2.25. The van der Waals surface area contributed by atoms with E-state index in [1.807, 2.05) is 4.90 Å². The Labute approximate surface area is 111 Å². The van der Waals surface area contributed by atoms with Crippen molar-refractivity contribution >= 4 is 23.3 Å². The highest BCUT2D eigenvalue weighted by atomic mass is 16.5. The van der Waals surface area contributed by atoms with E-state index in [1.54, 1.807) is 30.1 Å². The van der Waals surface area contributed by atoms with Gasteiger partial charge >= 0.3 is 5.97 Å². The van der Waals surface area contributed by atoms with Crippen LogP contribution in [0.5, 0.6) is 0 Å². The summed E-state index contributed by atoms with van der Waals surface area (Å²) in [5.74, 6) is -0.365. The van der Waals surface area contributed by atoms with E-state index in [9.17, 15) is 9.59 Å². The zero-order valence-corrected chi connectivity index (χ0v) is 11.0. The maximum Gasteiger partial charge on any atom is 0.337 e. The number of carbonyl (C=O) groups excluding carboxylic acids is 2. The van der Waals surface area contributed by atoms with Crippen LogP contribution in [0.3, 0.4) is 0 Å². The predicted molar refractivity (Wildman–Crippen MR) is 72.0 cm³/mol. The number of amides is 1. The van der Waals surface area contributed by atoms with Gasteiger partial charge in [-0.2, -0.15) is 0 Å². The average Bonchev–Trinajstić information content (AvgIpc) is 2.41. The lowest BCUT2D eigenvalue weighted by molar-refractivity contribution is -0.129. The lowest BCUT2D eigenvalue weighted by Crippen LogP contribution is -2.48. The first-order valence-electron chi connectivity index (χ1n) is 5.99. The topological polar surface area (TPSA) is 75.9 Å². The molecule has 1 saturated heterocycles. The number of hydrogen-bond acceptors (Lipinski definition) is 5. The molecule has 0 aromatic heterocycles. The number of anilines is 2. The Kier molecular flexibility index (Phi) is 3.59. The molecule has 0 radical (unpaired) electrons. The Balaban J connectivity index is 2.22. The number of nitrogen functional groups attached to an aromatic ring is 1. The van der Waals surface area contributed by atoms with Crippen LogP contribution in [-0.2, 0) is 9.53 Å². The fourth-order valence-corrected chi connectivity index (χ4v) is 2.05. The van der Waals surface area contributed by atoms with Gasteiger partial charge in [-0.1, -0.05) is 0 Å². The summed E-state index contributed by atoms with van der Waals surface area (Å²) < 4.78 is 4.64. The Morgan fingerprint density at radius 3 is 2.68 bits per heavy atom. The molecule has 1 aliphatic heterocycles. The molecule has 1 heterocycles. The molecule has 6 heteroatoms. The number of esters is 1. The van der Waals surface area contributed by atoms with Crippen molar-refractivity contribution in [2.75, 3.05) is 44.4 Å². The molecule has 1 fully saturated rings. The van der Waals surface area contributed by atoms with Crippen LogP contribution in [0.25, 0.3) is 0 Å². The van der Waals surface area contributed by atoms with Crippen LogP contribution in [-0.4, -0.2) is 50.6 Å². The highest BCUT2D eigenvalue weighted by molar-refractivity contribution is 5.92. The van der Waals surface area contributed by atoms with Gasteiger partial charge in [-0.15, -0.1) is 0 Å². The number of hydrogen-bond donors (Lipinski definition) is 1. The molecule has 1 aliphatic rings. The smallest absolute Gasteiger partial charge is 0.337 e. The summed E-state index contributed by atoms with van der Waals surface area (Å²) in [5.41, 5.74) is 7.60. The van der Waals surface area contributed by atoms with Crippen LogP contribution < -0.4 is 10.6 Å². The number of piperazine rings is 1. The third-order valence-electron chi connectivity index (χ3n) is 3.25. The van der Waals surface area contributed by atoms with Crippen molar-refractivity contribution in [3.8, 4) is 0 Å². The molecule has 0 bridgehead atoms. The van der Waals surface area contributed by atoms with E-state index >= 15 is 0 Å². The molecule has 1 aromatic rings. The minimum absolute atomic E-state index is 0.0581.